The molecule has 1 atom stereocenters. The van der Waals surface area contributed by atoms with Crippen LogP contribution in [-0.4, -0.2) is 22.0 Å². The van der Waals surface area contributed by atoms with Crippen LogP contribution in [0.15, 0.2) is 72.8 Å². The van der Waals surface area contributed by atoms with Gasteiger partial charge in [-0.05, 0) is 54.1 Å². The lowest BCUT2D eigenvalue weighted by Crippen LogP contribution is -2.24. The van der Waals surface area contributed by atoms with Crippen LogP contribution < -0.4 is 4.90 Å². The molecule has 0 radical (unpaired) electrons. The second kappa shape index (κ2) is 7.58. The van der Waals surface area contributed by atoms with Crippen molar-refractivity contribution in [2.75, 3.05) is 11.4 Å². The first-order chi connectivity index (χ1) is 14.6. The smallest absolute Gasteiger partial charge is 0.227 e. The number of benzene rings is 3. The number of hydrogen-bond donors (Lipinski definition) is 0. The van der Waals surface area contributed by atoms with Crippen LogP contribution in [0.1, 0.15) is 23.7 Å². The highest BCUT2D eigenvalue weighted by Crippen LogP contribution is 2.34. The molecule has 3 aromatic carbocycles. The minimum atomic E-state index is -0.255. The Balaban J connectivity index is 1.51. The maximum absolute atomic E-state index is 13.3. The number of carbonyl (C=O) groups is 1. The first kappa shape index (κ1) is 18.8. The monoisotopic (exact) mass is 419 g/mol. The number of halogens is 2. The van der Waals surface area contributed by atoms with Crippen molar-refractivity contribution in [2.24, 2.45) is 0 Å². The fourth-order valence-electron chi connectivity index (χ4n) is 4.10. The lowest BCUT2D eigenvalue weighted by atomic mass is 10.1. The van der Waals surface area contributed by atoms with Crippen LogP contribution in [0, 0.1) is 5.82 Å². The van der Waals surface area contributed by atoms with Gasteiger partial charge in [0.05, 0.1) is 11.0 Å². The van der Waals surface area contributed by atoms with Gasteiger partial charge in [0.2, 0.25) is 5.91 Å². The van der Waals surface area contributed by atoms with Crippen molar-refractivity contribution in [3.8, 4) is 0 Å². The number of nitrogens with zero attached hydrogens (tertiary/aromatic N) is 3. The minimum absolute atomic E-state index is 0.0268. The lowest BCUT2D eigenvalue weighted by molar-refractivity contribution is -0.117. The summed E-state index contributed by atoms with van der Waals surface area (Å²) in [5, 5.41) is 0.642. The van der Waals surface area contributed by atoms with Crippen molar-refractivity contribution >= 4 is 34.2 Å². The van der Waals surface area contributed by atoms with E-state index in [1.54, 1.807) is 29.2 Å². The number of hydrogen-bond acceptors (Lipinski definition) is 2. The fraction of sp³-hybridized carbons (Fsp3) is 0.167. The van der Waals surface area contributed by atoms with Gasteiger partial charge in [0, 0.05) is 36.1 Å². The van der Waals surface area contributed by atoms with E-state index in [2.05, 4.69) is 4.57 Å². The first-order valence-corrected chi connectivity index (χ1v) is 10.2. The Labute approximate surface area is 178 Å². The summed E-state index contributed by atoms with van der Waals surface area (Å²) in [6.45, 7) is 1.13. The van der Waals surface area contributed by atoms with E-state index in [4.69, 9.17) is 16.6 Å². The molecule has 4 nitrogen and oxygen atoms in total. The van der Waals surface area contributed by atoms with Crippen LogP contribution in [0.25, 0.3) is 11.0 Å². The summed E-state index contributed by atoms with van der Waals surface area (Å²) in [5.74, 6) is 0.670. The molecule has 1 aromatic heterocycles. The van der Waals surface area contributed by atoms with Gasteiger partial charge in [-0.25, -0.2) is 9.37 Å². The van der Waals surface area contributed by atoms with E-state index >= 15 is 0 Å². The average Bonchev–Trinajstić information content (AvgIpc) is 3.31. The Morgan fingerprint density at radius 2 is 1.73 bits per heavy atom. The van der Waals surface area contributed by atoms with Gasteiger partial charge in [0.25, 0.3) is 0 Å². The molecule has 0 saturated carbocycles. The number of amides is 1. The van der Waals surface area contributed by atoms with Gasteiger partial charge in [0.1, 0.15) is 11.6 Å². The number of imidazole rings is 1. The third-order valence-electron chi connectivity index (χ3n) is 5.57. The molecule has 30 heavy (non-hydrogen) atoms. The molecular weight excluding hydrogens is 401 g/mol. The molecule has 0 N–H and O–H groups in total. The Morgan fingerprint density at radius 1 is 1.00 bits per heavy atom. The van der Waals surface area contributed by atoms with Crippen molar-refractivity contribution < 1.29 is 9.18 Å². The van der Waals surface area contributed by atoms with Gasteiger partial charge in [0.15, 0.2) is 0 Å². The summed E-state index contributed by atoms with van der Waals surface area (Å²) in [6, 6.07) is 21.8. The van der Waals surface area contributed by atoms with Gasteiger partial charge < -0.3 is 9.47 Å². The average molecular weight is 420 g/mol. The van der Waals surface area contributed by atoms with Crippen molar-refractivity contribution in [1.29, 1.82) is 0 Å². The molecule has 1 fully saturated rings. The predicted octanol–water partition coefficient (Wildman–Crippen LogP) is 5.40. The second-order valence-electron chi connectivity index (χ2n) is 7.55. The molecule has 1 aliphatic heterocycles. The summed E-state index contributed by atoms with van der Waals surface area (Å²) in [6.07, 6.45) is 0.398. The molecule has 1 amide bonds. The van der Waals surface area contributed by atoms with Crippen LogP contribution >= 0.6 is 11.6 Å². The summed E-state index contributed by atoms with van der Waals surface area (Å²) >= 11 is 5.99. The van der Waals surface area contributed by atoms with Crippen LogP contribution in [0.5, 0.6) is 0 Å². The Bertz CT molecular complexity index is 1220. The molecule has 5 rings (SSSR count). The van der Waals surface area contributed by atoms with Crippen molar-refractivity contribution in [1.82, 2.24) is 9.55 Å². The maximum atomic E-state index is 13.3. The molecule has 0 bridgehead atoms. The maximum Gasteiger partial charge on any atom is 0.227 e. The number of aromatic nitrogens is 2. The van der Waals surface area contributed by atoms with Gasteiger partial charge >= 0.3 is 0 Å². The van der Waals surface area contributed by atoms with E-state index in [1.807, 2.05) is 36.4 Å². The molecule has 1 aliphatic rings. The SMILES string of the molecule is O=C1C[C@H](c2nc3ccccc3n2Cc2ccc(F)cc2)CN1c1ccc(Cl)cc1. The van der Waals surface area contributed by atoms with E-state index in [-0.39, 0.29) is 17.6 Å². The van der Waals surface area contributed by atoms with Crippen LogP contribution in [0.2, 0.25) is 5.02 Å². The topological polar surface area (TPSA) is 38.1 Å². The third kappa shape index (κ3) is 3.46. The Kier molecular flexibility index (Phi) is 4.75. The van der Waals surface area contributed by atoms with Crippen LogP contribution in [0.3, 0.4) is 0 Å². The van der Waals surface area contributed by atoms with Crippen molar-refractivity contribution in [3.05, 3.63) is 95.0 Å². The highest BCUT2D eigenvalue weighted by molar-refractivity contribution is 6.30. The quantitative estimate of drug-likeness (QED) is 0.444. The number of fused-ring (bicyclic) bond motifs is 1. The summed E-state index contributed by atoms with van der Waals surface area (Å²) in [4.78, 5) is 19.4. The zero-order valence-corrected chi connectivity index (χ0v) is 16.9. The minimum Gasteiger partial charge on any atom is -0.323 e. The molecule has 4 aromatic rings. The zero-order chi connectivity index (χ0) is 20.7. The standard InChI is InChI=1S/C24H19ClFN3O/c25-18-7-11-20(12-8-18)28-15-17(13-23(28)30)24-27-21-3-1-2-4-22(21)29(24)14-16-5-9-19(26)10-6-16/h1-12,17H,13-15H2/t17-/m0/s1. The van der Waals surface area contributed by atoms with Gasteiger partial charge in [-0.3, -0.25) is 4.79 Å². The summed E-state index contributed by atoms with van der Waals surface area (Å²) in [5.41, 5.74) is 3.73. The summed E-state index contributed by atoms with van der Waals surface area (Å²) < 4.78 is 15.5. The number of para-hydroxylation sites is 2. The lowest BCUT2D eigenvalue weighted by Gasteiger charge is -2.17. The van der Waals surface area contributed by atoms with Crippen molar-refractivity contribution in [2.45, 2.75) is 18.9 Å². The third-order valence-corrected chi connectivity index (χ3v) is 5.82. The molecule has 0 spiro atoms. The van der Waals surface area contributed by atoms with E-state index in [0.29, 0.717) is 24.5 Å². The van der Waals surface area contributed by atoms with Gasteiger partial charge in [-0.15, -0.1) is 0 Å². The molecule has 0 aliphatic carbocycles. The molecule has 150 valence electrons. The molecule has 1 saturated heterocycles. The highest BCUT2D eigenvalue weighted by Gasteiger charge is 2.34. The number of anilines is 1. The second-order valence-corrected chi connectivity index (χ2v) is 7.99. The molecule has 6 heteroatoms. The van der Waals surface area contributed by atoms with Crippen LogP contribution in [0.4, 0.5) is 10.1 Å². The fourth-order valence-corrected chi connectivity index (χ4v) is 4.22. The van der Waals surface area contributed by atoms with E-state index in [1.165, 1.54) is 12.1 Å². The molecular formula is C24H19ClFN3O. The Morgan fingerprint density at radius 3 is 2.50 bits per heavy atom. The summed E-state index contributed by atoms with van der Waals surface area (Å²) in [7, 11) is 0. The van der Waals surface area contributed by atoms with E-state index in [9.17, 15) is 9.18 Å². The van der Waals surface area contributed by atoms with Crippen LogP contribution in [-0.2, 0) is 11.3 Å². The van der Waals surface area contributed by atoms with E-state index in [0.717, 1.165) is 28.1 Å². The molecule has 0 unspecified atom stereocenters. The first-order valence-electron chi connectivity index (χ1n) is 9.84. The highest BCUT2D eigenvalue weighted by atomic mass is 35.5. The van der Waals surface area contributed by atoms with E-state index < -0.39 is 0 Å². The predicted molar refractivity (Wildman–Crippen MR) is 116 cm³/mol. The normalized spacial score (nSPS) is 16.5. The van der Waals surface area contributed by atoms with Gasteiger partial charge in [-0.2, -0.15) is 0 Å². The van der Waals surface area contributed by atoms with Crippen molar-refractivity contribution in [3.63, 3.8) is 0 Å². The van der Waals surface area contributed by atoms with Gasteiger partial charge in [-0.1, -0.05) is 35.9 Å². The number of rotatable bonds is 4. The molecule has 2 heterocycles. The Hall–Kier alpha value is -3.18. The zero-order valence-electron chi connectivity index (χ0n) is 16.1. The number of carbonyl (C=O) groups excluding carboxylic acids is 1. The largest absolute Gasteiger partial charge is 0.323 e.